The molecule has 6 N–H and O–H groups in total. The van der Waals surface area contributed by atoms with Crippen LogP contribution in [-0.2, 0) is 0 Å². The lowest BCUT2D eigenvalue weighted by Crippen LogP contribution is -2.09. The van der Waals surface area contributed by atoms with Crippen molar-refractivity contribution in [2.75, 3.05) is 17.2 Å². The molecule has 0 radical (unpaired) electrons. The molecule has 15 heavy (non-hydrogen) atoms. The zero-order valence-electron chi connectivity index (χ0n) is 9.08. The van der Waals surface area contributed by atoms with Crippen LogP contribution in [0.5, 0.6) is 0 Å². The number of hydrogen-bond acceptors (Lipinski definition) is 4. The standard InChI is InChI=1S/C11H17N3O/c1-6(2)3-11(15)7-4-9(13)10(14)5-8(7)12/h4-6H,3,12-14H2,1-2H3. The van der Waals surface area contributed by atoms with Crippen LogP contribution in [0.25, 0.3) is 0 Å². The number of nitrogen functional groups attached to an aromatic ring is 3. The van der Waals surface area contributed by atoms with Gasteiger partial charge in [-0.2, -0.15) is 0 Å². The van der Waals surface area contributed by atoms with Gasteiger partial charge in [0.1, 0.15) is 0 Å². The number of rotatable bonds is 3. The van der Waals surface area contributed by atoms with E-state index in [4.69, 9.17) is 17.2 Å². The third kappa shape index (κ3) is 2.62. The van der Waals surface area contributed by atoms with E-state index in [1.807, 2.05) is 13.8 Å². The highest BCUT2D eigenvalue weighted by molar-refractivity contribution is 6.02. The molecule has 0 saturated carbocycles. The molecule has 0 aliphatic carbocycles. The van der Waals surface area contributed by atoms with Crippen molar-refractivity contribution in [2.45, 2.75) is 20.3 Å². The fourth-order valence-corrected chi connectivity index (χ4v) is 1.37. The number of carbonyl (C=O) groups excluding carboxylic acids is 1. The first-order valence-electron chi connectivity index (χ1n) is 4.89. The fraction of sp³-hybridized carbons (Fsp3) is 0.364. The predicted molar refractivity (Wildman–Crippen MR) is 63.5 cm³/mol. The summed E-state index contributed by atoms with van der Waals surface area (Å²) in [6.07, 6.45) is 0.466. The van der Waals surface area contributed by atoms with Crippen molar-refractivity contribution in [1.29, 1.82) is 0 Å². The Morgan fingerprint density at radius 1 is 1.13 bits per heavy atom. The number of benzene rings is 1. The maximum absolute atomic E-state index is 11.8. The summed E-state index contributed by atoms with van der Waals surface area (Å²) in [5.41, 5.74) is 18.6. The Hall–Kier alpha value is -1.71. The topological polar surface area (TPSA) is 95.1 Å². The average Bonchev–Trinajstić information content (AvgIpc) is 2.09. The molecule has 0 aliphatic heterocycles. The summed E-state index contributed by atoms with van der Waals surface area (Å²) < 4.78 is 0. The van der Waals surface area contributed by atoms with Gasteiger partial charge >= 0.3 is 0 Å². The highest BCUT2D eigenvalue weighted by atomic mass is 16.1. The summed E-state index contributed by atoms with van der Waals surface area (Å²) in [5.74, 6) is 0.310. The molecule has 0 heterocycles. The zero-order chi connectivity index (χ0) is 11.6. The van der Waals surface area contributed by atoms with E-state index in [0.717, 1.165) is 0 Å². The minimum atomic E-state index is 0.00852. The van der Waals surface area contributed by atoms with Crippen LogP contribution in [0.1, 0.15) is 30.6 Å². The van der Waals surface area contributed by atoms with Crippen LogP contribution in [0.3, 0.4) is 0 Å². The molecule has 1 aromatic rings. The summed E-state index contributed by atoms with van der Waals surface area (Å²) in [5, 5.41) is 0. The van der Waals surface area contributed by atoms with Gasteiger partial charge in [0.15, 0.2) is 5.78 Å². The summed E-state index contributed by atoms with van der Waals surface area (Å²) >= 11 is 0. The molecule has 0 bridgehead atoms. The zero-order valence-corrected chi connectivity index (χ0v) is 9.08. The van der Waals surface area contributed by atoms with Crippen LogP contribution < -0.4 is 17.2 Å². The van der Waals surface area contributed by atoms with Gasteiger partial charge in [-0.15, -0.1) is 0 Å². The Morgan fingerprint density at radius 2 is 1.67 bits per heavy atom. The quantitative estimate of drug-likeness (QED) is 0.519. The highest BCUT2D eigenvalue weighted by Crippen LogP contribution is 2.24. The molecular formula is C11H17N3O. The second kappa shape index (κ2) is 4.21. The van der Waals surface area contributed by atoms with Crippen molar-refractivity contribution in [3.63, 3.8) is 0 Å². The molecule has 1 aromatic carbocycles. The van der Waals surface area contributed by atoms with Crippen molar-refractivity contribution in [3.8, 4) is 0 Å². The first-order valence-corrected chi connectivity index (χ1v) is 4.89. The minimum Gasteiger partial charge on any atom is -0.398 e. The van der Waals surface area contributed by atoms with Crippen molar-refractivity contribution in [2.24, 2.45) is 5.92 Å². The molecular weight excluding hydrogens is 190 g/mol. The van der Waals surface area contributed by atoms with Crippen LogP contribution in [0.4, 0.5) is 17.1 Å². The fourth-order valence-electron chi connectivity index (χ4n) is 1.37. The van der Waals surface area contributed by atoms with Gasteiger partial charge in [0.2, 0.25) is 0 Å². The summed E-state index contributed by atoms with van der Waals surface area (Å²) in [6.45, 7) is 3.96. The van der Waals surface area contributed by atoms with Gasteiger partial charge < -0.3 is 17.2 Å². The molecule has 0 unspecified atom stereocenters. The Bertz CT molecular complexity index is 386. The molecule has 82 valence electrons. The molecule has 1 rings (SSSR count). The molecule has 0 aliphatic rings. The number of anilines is 3. The Kier molecular flexibility index (Phi) is 3.19. The smallest absolute Gasteiger partial charge is 0.165 e. The Morgan fingerprint density at radius 3 is 2.20 bits per heavy atom. The van der Waals surface area contributed by atoms with Gasteiger partial charge in [0.25, 0.3) is 0 Å². The third-order valence-corrected chi connectivity index (χ3v) is 2.15. The van der Waals surface area contributed by atoms with E-state index in [1.54, 1.807) is 6.07 Å². The van der Waals surface area contributed by atoms with E-state index >= 15 is 0 Å². The van der Waals surface area contributed by atoms with Gasteiger partial charge in [-0.3, -0.25) is 4.79 Å². The van der Waals surface area contributed by atoms with Gasteiger partial charge in [0, 0.05) is 17.7 Å². The third-order valence-electron chi connectivity index (χ3n) is 2.15. The van der Waals surface area contributed by atoms with Crippen LogP contribution in [0.2, 0.25) is 0 Å². The monoisotopic (exact) mass is 207 g/mol. The second-order valence-corrected chi connectivity index (χ2v) is 4.09. The second-order valence-electron chi connectivity index (χ2n) is 4.09. The molecule has 0 atom stereocenters. The lowest BCUT2D eigenvalue weighted by atomic mass is 9.99. The molecule has 0 saturated heterocycles. The van der Waals surface area contributed by atoms with Crippen LogP contribution in [0.15, 0.2) is 12.1 Å². The SMILES string of the molecule is CC(C)CC(=O)c1cc(N)c(N)cc1N. The number of hydrogen-bond donors (Lipinski definition) is 3. The molecule has 0 spiro atoms. The van der Waals surface area contributed by atoms with E-state index < -0.39 is 0 Å². The van der Waals surface area contributed by atoms with E-state index in [2.05, 4.69) is 0 Å². The van der Waals surface area contributed by atoms with Gasteiger partial charge in [0.05, 0.1) is 11.4 Å². The van der Waals surface area contributed by atoms with E-state index in [0.29, 0.717) is 35.0 Å². The highest BCUT2D eigenvalue weighted by Gasteiger charge is 2.13. The minimum absolute atomic E-state index is 0.00852. The molecule has 0 aromatic heterocycles. The first kappa shape index (κ1) is 11.4. The van der Waals surface area contributed by atoms with Gasteiger partial charge in [-0.05, 0) is 18.1 Å². The van der Waals surface area contributed by atoms with Gasteiger partial charge in [-0.1, -0.05) is 13.8 Å². The first-order chi connectivity index (χ1) is 6.91. The van der Waals surface area contributed by atoms with Crippen molar-refractivity contribution < 1.29 is 4.79 Å². The molecule has 0 fully saturated rings. The molecule has 0 amide bonds. The summed E-state index contributed by atoms with van der Waals surface area (Å²) in [7, 11) is 0. The van der Waals surface area contributed by atoms with Crippen LogP contribution in [-0.4, -0.2) is 5.78 Å². The normalized spacial score (nSPS) is 10.6. The number of ketones is 1. The summed E-state index contributed by atoms with van der Waals surface area (Å²) in [4.78, 5) is 11.8. The Labute approximate surface area is 89.4 Å². The van der Waals surface area contributed by atoms with Crippen molar-refractivity contribution >= 4 is 22.8 Å². The van der Waals surface area contributed by atoms with Crippen LogP contribution >= 0.6 is 0 Å². The maximum atomic E-state index is 11.8. The number of nitrogens with two attached hydrogens (primary N) is 3. The average molecular weight is 207 g/mol. The maximum Gasteiger partial charge on any atom is 0.165 e. The lowest BCUT2D eigenvalue weighted by Gasteiger charge is -2.09. The van der Waals surface area contributed by atoms with Crippen molar-refractivity contribution in [3.05, 3.63) is 17.7 Å². The van der Waals surface area contributed by atoms with Crippen LogP contribution in [0, 0.1) is 5.92 Å². The van der Waals surface area contributed by atoms with Gasteiger partial charge in [-0.25, -0.2) is 0 Å². The summed E-state index contributed by atoms with van der Waals surface area (Å²) in [6, 6.07) is 3.08. The van der Waals surface area contributed by atoms with E-state index in [1.165, 1.54) is 6.07 Å². The molecule has 4 heteroatoms. The Balaban J connectivity index is 3.04. The van der Waals surface area contributed by atoms with Crippen molar-refractivity contribution in [1.82, 2.24) is 0 Å². The van der Waals surface area contributed by atoms with E-state index in [-0.39, 0.29) is 5.78 Å². The predicted octanol–water partition coefficient (Wildman–Crippen LogP) is 1.66. The largest absolute Gasteiger partial charge is 0.398 e. The molecule has 4 nitrogen and oxygen atoms in total. The van der Waals surface area contributed by atoms with E-state index in [9.17, 15) is 4.79 Å². The number of Topliss-reactive ketones (excluding diaryl/α,β-unsaturated/α-hetero) is 1. The lowest BCUT2D eigenvalue weighted by molar-refractivity contribution is 0.0969. The number of carbonyl (C=O) groups is 1.